The minimum atomic E-state index is -0.315. The van der Waals surface area contributed by atoms with E-state index in [0.717, 1.165) is 42.8 Å². The van der Waals surface area contributed by atoms with Crippen molar-refractivity contribution in [2.24, 2.45) is 0 Å². The van der Waals surface area contributed by atoms with Gasteiger partial charge in [-0.2, -0.15) is 0 Å². The van der Waals surface area contributed by atoms with Crippen LogP contribution in [-0.2, 0) is 4.79 Å². The quantitative estimate of drug-likeness (QED) is 0.900. The van der Waals surface area contributed by atoms with E-state index in [4.69, 9.17) is 0 Å². The third kappa shape index (κ3) is 2.86. The van der Waals surface area contributed by atoms with Crippen LogP contribution in [0.4, 0.5) is 0 Å². The summed E-state index contributed by atoms with van der Waals surface area (Å²) in [6.07, 6.45) is 11.6. The molecule has 1 amide bonds. The van der Waals surface area contributed by atoms with Gasteiger partial charge in [0, 0.05) is 25.5 Å². The number of aryl methyl sites for hydroxylation is 1. The lowest BCUT2D eigenvalue weighted by atomic mass is 10.0. The maximum Gasteiger partial charge on any atom is 0.255 e. The molecule has 1 aromatic rings. The van der Waals surface area contributed by atoms with Gasteiger partial charge in [-0.25, -0.2) is 0 Å². The number of hydrogen-bond donors (Lipinski definition) is 1. The van der Waals surface area contributed by atoms with Gasteiger partial charge in [-0.05, 0) is 56.9 Å². The van der Waals surface area contributed by atoms with Gasteiger partial charge in [0.25, 0.3) is 5.91 Å². The molecule has 0 saturated carbocycles. The first-order valence-corrected chi connectivity index (χ1v) is 9.11. The Morgan fingerprint density at radius 2 is 2.00 bits per heavy atom. The average Bonchev–Trinajstić information content (AvgIpc) is 2.98. The highest BCUT2D eigenvalue weighted by atomic mass is 16.2. The summed E-state index contributed by atoms with van der Waals surface area (Å²) < 4.78 is 0. The zero-order valence-corrected chi connectivity index (χ0v) is 15.0. The fourth-order valence-electron chi connectivity index (χ4n) is 3.80. The second kappa shape index (κ2) is 6.10. The molecule has 0 aromatic heterocycles. The van der Waals surface area contributed by atoms with Crippen LogP contribution >= 0.6 is 0 Å². The predicted octanol–water partition coefficient (Wildman–Crippen LogP) is 3.38. The molecule has 0 aliphatic carbocycles. The van der Waals surface area contributed by atoms with E-state index in [9.17, 15) is 4.79 Å². The third-order valence-corrected chi connectivity index (χ3v) is 5.32. The van der Waals surface area contributed by atoms with Gasteiger partial charge in [0.2, 0.25) is 0 Å². The van der Waals surface area contributed by atoms with Crippen LogP contribution in [0.25, 0.3) is 5.70 Å². The molecule has 1 fully saturated rings. The molecule has 1 atom stereocenters. The largest absolute Gasteiger partial charge is 0.364 e. The zero-order chi connectivity index (χ0) is 17.4. The molecule has 130 valence electrons. The minimum Gasteiger partial charge on any atom is -0.364 e. The topological polar surface area (TPSA) is 35.6 Å². The number of amides is 1. The summed E-state index contributed by atoms with van der Waals surface area (Å²) in [5, 5.41) is 3.45. The molecule has 1 saturated heterocycles. The number of nitrogens with one attached hydrogen (secondary N) is 1. The number of piperidine rings is 1. The maximum atomic E-state index is 12.9. The monoisotopic (exact) mass is 335 g/mol. The Balaban J connectivity index is 1.63. The fourth-order valence-corrected chi connectivity index (χ4v) is 3.80. The summed E-state index contributed by atoms with van der Waals surface area (Å²) in [7, 11) is 0. The van der Waals surface area contributed by atoms with E-state index in [1.165, 1.54) is 12.0 Å². The molecule has 1 N–H and O–H groups in total. The van der Waals surface area contributed by atoms with Gasteiger partial charge in [-0.1, -0.05) is 23.8 Å². The highest BCUT2D eigenvalue weighted by Gasteiger charge is 2.37. The predicted molar refractivity (Wildman–Crippen MR) is 100 cm³/mol. The van der Waals surface area contributed by atoms with Gasteiger partial charge in [0.1, 0.15) is 5.66 Å². The number of rotatable bonds is 2. The lowest BCUT2D eigenvalue weighted by Crippen LogP contribution is -2.47. The van der Waals surface area contributed by atoms with E-state index >= 15 is 0 Å². The van der Waals surface area contributed by atoms with Crippen molar-refractivity contribution in [1.29, 1.82) is 0 Å². The maximum absolute atomic E-state index is 12.9. The molecular weight excluding hydrogens is 310 g/mol. The average molecular weight is 335 g/mol. The van der Waals surface area contributed by atoms with Crippen molar-refractivity contribution < 1.29 is 4.79 Å². The zero-order valence-electron chi connectivity index (χ0n) is 15.0. The van der Waals surface area contributed by atoms with Gasteiger partial charge in [-0.3, -0.25) is 4.79 Å². The molecule has 4 nitrogen and oxygen atoms in total. The van der Waals surface area contributed by atoms with Gasteiger partial charge >= 0.3 is 0 Å². The third-order valence-electron chi connectivity index (χ3n) is 5.32. The van der Waals surface area contributed by atoms with E-state index in [-0.39, 0.29) is 11.6 Å². The van der Waals surface area contributed by atoms with Gasteiger partial charge in [0.15, 0.2) is 0 Å². The van der Waals surface area contributed by atoms with E-state index in [2.05, 4.69) is 54.4 Å². The first kappa shape index (κ1) is 16.0. The Morgan fingerprint density at radius 3 is 2.76 bits per heavy atom. The Bertz CT molecular complexity index is 786. The van der Waals surface area contributed by atoms with Crippen LogP contribution in [-0.4, -0.2) is 34.5 Å². The first-order valence-electron chi connectivity index (χ1n) is 9.11. The highest BCUT2D eigenvalue weighted by molar-refractivity contribution is 5.97. The SMILES string of the molecule is Cc1cccc(C2=CNC3(C)C=CC(C(=O)N4CCCCC4)=CN23)c1. The Kier molecular flexibility index (Phi) is 3.91. The summed E-state index contributed by atoms with van der Waals surface area (Å²) in [6.45, 7) is 5.98. The van der Waals surface area contributed by atoms with Crippen LogP contribution in [0.1, 0.15) is 37.3 Å². The smallest absolute Gasteiger partial charge is 0.255 e. The molecule has 3 heterocycles. The fraction of sp³-hybridized carbons (Fsp3) is 0.381. The Labute approximate surface area is 149 Å². The summed E-state index contributed by atoms with van der Waals surface area (Å²) in [4.78, 5) is 17.1. The van der Waals surface area contributed by atoms with Crippen LogP contribution in [0.2, 0.25) is 0 Å². The molecule has 0 bridgehead atoms. The van der Waals surface area contributed by atoms with E-state index in [0.29, 0.717) is 0 Å². The number of hydrogen-bond acceptors (Lipinski definition) is 3. The van der Waals surface area contributed by atoms with Crippen LogP contribution < -0.4 is 5.32 Å². The molecule has 3 aliphatic heterocycles. The number of fused-ring (bicyclic) bond motifs is 1. The second-order valence-electron chi connectivity index (χ2n) is 7.33. The van der Waals surface area contributed by atoms with Gasteiger partial charge in [0.05, 0.1) is 11.3 Å². The standard InChI is InChI=1S/C21H25N3O/c1-16-7-6-8-17(13-16)19-14-22-21(2)10-9-18(15-24(19)21)20(25)23-11-4-3-5-12-23/h6-10,13-15,22H,3-5,11-12H2,1-2H3. The lowest BCUT2D eigenvalue weighted by molar-refractivity contribution is -0.127. The Morgan fingerprint density at radius 1 is 1.20 bits per heavy atom. The lowest BCUT2D eigenvalue weighted by Gasteiger charge is -2.37. The second-order valence-corrected chi connectivity index (χ2v) is 7.33. The molecule has 1 aromatic carbocycles. The van der Waals surface area contributed by atoms with Crippen LogP contribution in [0.5, 0.6) is 0 Å². The molecule has 3 aliphatic rings. The van der Waals surface area contributed by atoms with Crippen molar-refractivity contribution >= 4 is 11.6 Å². The van der Waals surface area contributed by atoms with Crippen molar-refractivity contribution in [1.82, 2.24) is 15.1 Å². The summed E-state index contributed by atoms with van der Waals surface area (Å²) in [5.74, 6) is 0.147. The van der Waals surface area contributed by atoms with Crippen LogP contribution in [0, 0.1) is 6.92 Å². The number of carbonyl (C=O) groups is 1. The first-order chi connectivity index (χ1) is 12.1. The summed E-state index contributed by atoms with van der Waals surface area (Å²) in [6, 6.07) is 8.47. The van der Waals surface area contributed by atoms with Crippen molar-refractivity contribution in [3.8, 4) is 0 Å². The van der Waals surface area contributed by atoms with Gasteiger partial charge < -0.3 is 15.1 Å². The molecule has 4 rings (SSSR count). The molecule has 4 heteroatoms. The number of benzene rings is 1. The number of nitrogens with zero attached hydrogens (tertiary/aromatic N) is 2. The molecule has 0 radical (unpaired) electrons. The molecule has 1 unspecified atom stereocenters. The van der Waals surface area contributed by atoms with Crippen molar-refractivity contribution in [3.05, 3.63) is 65.5 Å². The molecule has 0 spiro atoms. The highest BCUT2D eigenvalue weighted by Crippen LogP contribution is 2.36. The van der Waals surface area contributed by atoms with E-state index in [1.807, 2.05) is 23.4 Å². The summed E-state index contributed by atoms with van der Waals surface area (Å²) >= 11 is 0. The van der Waals surface area contributed by atoms with E-state index < -0.39 is 0 Å². The van der Waals surface area contributed by atoms with E-state index in [1.54, 1.807) is 0 Å². The number of likely N-dealkylation sites (tertiary alicyclic amines) is 1. The molecule has 25 heavy (non-hydrogen) atoms. The Hall–Kier alpha value is -2.49. The van der Waals surface area contributed by atoms with Crippen LogP contribution in [0.3, 0.4) is 0 Å². The van der Waals surface area contributed by atoms with Crippen molar-refractivity contribution in [2.45, 2.75) is 38.8 Å². The van der Waals surface area contributed by atoms with Crippen LogP contribution in [0.15, 0.2) is 54.4 Å². The normalized spacial score (nSPS) is 25.2. The minimum absolute atomic E-state index is 0.147. The number of carbonyl (C=O) groups excluding carboxylic acids is 1. The summed E-state index contributed by atoms with van der Waals surface area (Å²) in [5.41, 5.74) is 3.94. The van der Waals surface area contributed by atoms with Crippen molar-refractivity contribution in [3.63, 3.8) is 0 Å². The van der Waals surface area contributed by atoms with Crippen molar-refractivity contribution in [2.75, 3.05) is 13.1 Å². The van der Waals surface area contributed by atoms with Gasteiger partial charge in [-0.15, -0.1) is 0 Å². The molecular formula is C21H25N3O.